The Hall–Kier alpha value is -0.760. The summed E-state index contributed by atoms with van der Waals surface area (Å²) in [6, 6.07) is 3.95. The second-order valence-electron chi connectivity index (χ2n) is 4.27. The first-order chi connectivity index (χ1) is 7.27. The Morgan fingerprint density at radius 2 is 2.20 bits per heavy atom. The van der Waals surface area contributed by atoms with Crippen LogP contribution in [0.4, 0.5) is 0 Å². The number of hydrogen-bond donors (Lipinski definition) is 1. The Morgan fingerprint density at radius 3 is 2.73 bits per heavy atom. The monoisotopic (exact) mass is 209 g/mol. The molecule has 0 bridgehead atoms. The second-order valence-corrected chi connectivity index (χ2v) is 4.27. The molecule has 1 rings (SSSR count). The van der Waals surface area contributed by atoms with Gasteiger partial charge in [0.2, 0.25) is 0 Å². The van der Waals surface area contributed by atoms with E-state index in [9.17, 15) is 0 Å². The van der Waals surface area contributed by atoms with Crippen LogP contribution in [-0.2, 0) is 0 Å². The van der Waals surface area contributed by atoms with E-state index in [4.69, 9.17) is 10.2 Å². The van der Waals surface area contributed by atoms with Crippen LogP contribution in [0.25, 0.3) is 0 Å². The van der Waals surface area contributed by atoms with E-state index in [1.807, 2.05) is 12.1 Å². The zero-order valence-corrected chi connectivity index (χ0v) is 9.91. The first-order valence-corrected chi connectivity index (χ1v) is 6.06. The highest BCUT2D eigenvalue weighted by molar-refractivity contribution is 5.03. The third-order valence-electron chi connectivity index (χ3n) is 3.04. The average molecular weight is 209 g/mol. The lowest BCUT2D eigenvalue weighted by molar-refractivity contribution is 0.356. The Bertz CT molecular complexity index is 243. The number of furan rings is 1. The van der Waals surface area contributed by atoms with E-state index < -0.39 is 0 Å². The zero-order chi connectivity index (χ0) is 11.1. The molecular formula is C13H23NO. The fraction of sp³-hybridized carbons (Fsp3) is 0.692. The summed E-state index contributed by atoms with van der Waals surface area (Å²) in [6.07, 6.45) is 7.83. The van der Waals surface area contributed by atoms with Gasteiger partial charge in [0.15, 0.2) is 0 Å². The highest BCUT2D eigenvalue weighted by Gasteiger charge is 2.14. The van der Waals surface area contributed by atoms with Gasteiger partial charge in [0, 0.05) is 0 Å². The third-order valence-corrected chi connectivity index (χ3v) is 3.04. The highest BCUT2D eigenvalue weighted by Crippen LogP contribution is 2.25. The lowest BCUT2D eigenvalue weighted by Crippen LogP contribution is -2.14. The van der Waals surface area contributed by atoms with Crippen LogP contribution >= 0.6 is 0 Å². The van der Waals surface area contributed by atoms with Crippen molar-refractivity contribution in [2.24, 2.45) is 11.7 Å². The molecule has 0 saturated carbocycles. The van der Waals surface area contributed by atoms with Gasteiger partial charge in [-0.3, -0.25) is 0 Å². The van der Waals surface area contributed by atoms with E-state index in [2.05, 4.69) is 13.8 Å². The molecule has 0 saturated heterocycles. The van der Waals surface area contributed by atoms with Gasteiger partial charge in [0.1, 0.15) is 5.76 Å². The van der Waals surface area contributed by atoms with Gasteiger partial charge < -0.3 is 10.2 Å². The van der Waals surface area contributed by atoms with E-state index in [0.717, 1.165) is 18.1 Å². The summed E-state index contributed by atoms with van der Waals surface area (Å²) in [7, 11) is 0. The van der Waals surface area contributed by atoms with Crippen LogP contribution in [0.2, 0.25) is 0 Å². The molecule has 0 aromatic carbocycles. The molecule has 0 spiro atoms. The summed E-state index contributed by atoms with van der Waals surface area (Å²) in [5.41, 5.74) is 6.09. The van der Waals surface area contributed by atoms with Crippen molar-refractivity contribution in [3.63, 3.8) is 0 Å². The molecule has 0 aliphatic carbocycles. The first-order valence-electron chi connectivity index (χ1n) is 6.06. The molecule has 0 amide bonds. The maximum Gasteiger partial charge on any atom is 0.120 e. The van der Waals surface area contributed by atoms with Crippen molar-refractivity contribution in [1.82, 2.24) is 0 Å². The van der Waals surface area contributed by atoms with E-state index >= 15 is 0 Å². The van der Waals surface area contributed by atoms with Gasteiger partial charge >= 0.3 is 0 Å². The van der Waals surface area contributed by atoms with Crippen LogP contribution in [-0.4, -0.2) is 0 Å². The standard InChI is InChI=1S/C13H23NO/c1-3-5-7-11(4-2)10-12(14)13-8-6-9-15-13/h6,8-9,11-12H,3-5,7,10,14H2,1-2H3. The molecule has 86 valence electrons. The minimum Gasteiger partial charge on any atom is -0.468 e. The molecule has 0 fully saturated rings. The average Bonchev–Trinajstić information content (AvgIpc) is 2.77. The zero-order valence-electron chi connectivity index (χ0n) is 9.91. The molecule has 2 atom stereocenters. The van der Waals surface area contributed by atoms with Crippen molar-refractivity contribution in [3.8, 4) is 0 Å². The molecule has 2 nitrogen and oxygen atoms in total. The van der Waals surface area contributed by atoms with Crippen LogP contribution in [0, 0.1) is 5.92 Å². The molecule has 15 heavy (non-hydrogen) atoms. The fourth-order valence-electron chi connectivity index (χ4n) is 1.96. The van der Waals surface area contributed by atoms with Crippen LogP contribution in [0.3, 0.4) is 0 Å². The molecule has 0 aliphatic heterocycles. The highest BCUT2D eigenvalue weighted by atomic mass is 16.3. The molecule has 2 heteroatoms. The van der Waals surface area contributed by atoms with Gasteiger partial charge in [-0.15, -0.1) is 0 Å². The first kappa shape index (κ1) is 12.3. The normalized spacial score (nSPS) is 15.1. The largest absolute Gasteiger partial charge is 0.468 e. The molecule has 0 radical (unpaired) electrons. The fourth-order valence-corrected chi connectivity index (χ4v) is 1.96. The van der Waals surface area contributed by atoms with Gasteiger partial charge in [-0.2, -0.15) is 0 Å². The summed E-state index contributed by atoms with van der Waals surface area (Å²) in [5.74, 6) is 1.66. The van der Waals surface area contributed by atoms with Crippen molar-refractivity contribution in [3.05, 3.63) is 24.2 Å². The van der Waals surface area contributed by atoms with Crippen molar-refractivity contribution in [2.45, 2.75) is 52.0 Å². The summed E-state index contributed by atoms with van der Waals surface area (Å²) in [6.45, 7) is 4.48. The SMILES string of the molecule is CCCCC(CC)CC(N)c1ccco1. The van der Waals surface area contributed by atoms with Gasteiger partial charge in [-0.1, -0.05) is 39.5 Å². The van der Waals surface area contributed by atoms with Gasteiger partial charge in [-0.25, -0.2) is 0 Å². The number of unbranched alkanes of at least 4 members (excludes halogenated alkanes) is 1. The maximum atomic E-state index is 6.09. The van der Waals surface area contributed by atoms with Crippen molar-refractivity contribution >= 4 is 0 Å². The Morgan fingerprint density at radius 1 is 1.40 bits per heavy atom. The van der Waals surface area contributed by atoms with E-state index in [1.165, 1.54) is 25.7 Å². The molecular weight excluding hydrogens is 186 g/mol. The molecule has 1 aromatic rings. The predicted molar refractivity (Wildman–Crippen MR) is 63.6 cm³/mol. The third kappa shape index (κ3) is 4.08. The lowest BCUT2D eigenvalue weighted by Gasteiger charge is -2.17. The molecule has 0 aliphatic rings. The van der Waals surface area contributed by atoms with Gasteiger partial charge in [0.25, 0.3) is 0 Å². The molecule has 1 heterocycles. The topological polar surface area (TPSA) is 39.2 Å². The summed E-state index contributed by atoms with van der Waals surface area (Å²) < 4.78 is 5.32. The van der Waals surface area contributed by atoms with E-state index in [-0.39, 0.29) is 6.04 Å². The van der Waals surface area contributed by atoms with Crippen LogP contribution in [0.1, 0.15) is 57.8 Å². The Labute approximate surface area is 92.9 Å². The van der Waals surface area contributed by atoms with Crippen LogP contribution in [0.15, 0.2) is 22.8 Å². The van der Waals surface area contributed by atoms with Crippen molar-refractivity contribution < 1.29 is 4.42 Å². The van der Waals surface area contributed by atoms with E-state index in [1.54, 1.807) is 6.26 Å². The summed E-state index contributed by atoms with van der Waals surface area (Å²) in [5, 5.41) is 0. The number of nitrogens with two attached hydrogens (primary N) is 1. The quantitative estimate of drug-likeness (QED) is 0.740. The predicted octanol–water partition coefficient (Wildman–Crippen LogP) is 3.89. The molecule has 2 N–H and O–H groups in total. The Balaban J connectivity index is 2.37. The van der Waals surface area contributed by atoms with Crippen molar-refractivity contribution in [1.29, 1.82) is 0 Å². The van der Waals surface area contributed by atoms with Crippen molar-refractivity contribution in [2.75, 3.05) is 0 Å². The van der Waals surface area contributed by atoms with E-state index in [0.29, 0.717) is 0 Å². The summed E-state index contributed by atoms with van der Waals surface area (Å²) >= 11 is 0. The van der Waals surface area contributed by atoms with Crippen LogP contribution in [0.5, 0.6) is 0 Å². The number of hydrogen-bond acceptors (Lipinski definition) is 2. The number of rotatable bonds is 7. The smallest absolute Gasteiger partial charge is 0.120 e. The lowest BCUT2D eigenvalue weighted by atomic mass is 9.91. The molecule has 1 aromatic heterocycles. The van der Waals surface area contributed by atoms with Gasteiger partial charge in [0.05, 0.1) is 12.3 Å². The minimum absolute atomic E-state index is 0.0711. The second kappa shape index (κ2) is 6.67. The minimum atomic E-state index is 0.0711. The molecule has 2 unspecified atom stereocenters. The maximum absolute atomic E-state index is 6.09. The Kier molecular flexibility index (Phi) is 5.48. The summed E-state index contributed by atoms with van der Waals surface area (Å²) in [4.78, 5) is 0. The van der Waals surface area contributed by atoms with Crippen LogP contribution < -0.4 is 5.73 Å². The van der Waals surface area contributed by atoms with Gasteiger partial charge in [-0.05, 0) is 24.5 Å².